The van der Waals surface area contributed by atoms with Gasteiger partial charge in [-0.25, -0.2) is 5.43 Å². The number of hydrazone groups is 1. The quantitative estimate of drug-likeness (QED) is 0.319. The van der Waals surface area contributed by atoms with E-state index in [4.69, 9.17) is 4.74 Å². The minimum absolute atomic E-state index is 0.159. The summed E-state index contributed by atoms with van der Waals surface area (Å²) >= 11 is 2.34. The van der Waals surface area contributed by atoms with Gasteiger partial charge in [-0.05, 0) is 72.3 Å². The number of hydrogen-bond acceptors (Lipinski definition) is 3. The number of carbonyl (C=O) groups is 1. The average molecular weight is 487 g/mol. The minimum Gasteiger partial charge on any atom is -0.497 e. The van der Waals surface area contributed by atoms with Crippen molar-refractivity contribution in [3.05, 3.63) is 80.7 Å². The van der Waals surface area contributed by atoms with Gasteiger partial charge in [0.05, 0.1) is 25.4 Å². The summed E-state index contributed by atoms with van der Waals surface area (Å²) < 4.78 is 8.50. The largest absolute Gasteiger partial charge is 0.497 e. The van der Waals surface area contributed by atoms with Crippen molar-refractivity contribution >= 4 is 34.7 Å². The Balaban J connectivity index is 1.68. The maximum Gasteiger partial charge on any atom is 0.244 e. The molecular weight excluding hydrogens is 465 g/mol. The highest BCUT2D eigenvalue weighted by Crippen LogP contribution is 2.23. The summed E-state index contributed by atoms with van der Waals surface area (Å²) in [5.41, 5.74) is 7.82. The number of aryl methyl sites for hydroxylation is 1. The van der Waals surface area contributed by atoms with Gasteiger partial charge in [0.2, 0.25) is 5.91 Å². The summed E-state index contributed by atoms with van der Waals surface area (Å²) in [6.45, 7) is 4.12. The van der Waals surface area contributed by atoms with E-state index in [2.05, 4.69) is 69.7 Å². The van der Waals surface area contributed by atoms with Gasteiger partial charge in [-0.1, -0.05) is 24.3 Å². The lowest BCUT2D eigenvalue weighted by Crippen LogP contribution is -2.19. The Labute approximate surface area is 178 Å². The lowest BCUT2D eigenvalue weighted by Gasteiger charge is -2.11. The normalized spacial score (nSPS) is 11.0. The third-order valence-electron chi connectivity index (χ3n) is 4.48. The number of amides is 1. The van der Waals surface area contributed by atoms with Crippen molar-refractivity contribution in [1.29, 1.82) is 0 Å². The number of nitrogens with one attached hydrogen (secondary N) is 1. The van der Waals surface area contributed by atoms with Gasteiger partial charge in [0, 0.05) is 20.5 Å². The molecule has 0 unspecified atom stereocenters. The van der Waals surface area contributed by atoms with Gasteiger partial charge in [0.1, 0.15) is 5.75 Å². The molecule has 1 aromatic heterocycles. The van der Waals surface area contributed by atoms with E-state index in [0.717, 1.165) is 34.0 Å². The highest BCUT2D eigenvalue weighted by atomic mass is 127. The molecule has 5 nitrogen and oxygen atoms in total. The van der Waals surface area contributed by atoms with Crippen LogP contribution >= 0.6 is 22.6 Å². The summed E-state index contributed by atoms with van der Waals surface area (Å²) in [5.74, 6) is 0.610. The van der Waals surface area contributed by atoms with Gasteiger partial charge in [0.15, 0.2) is 0 Å². The molecule has 3 aromatic rings. The molecule has 0 aliphatic heterocycles. The third-order valence-corrected chi connectivity index (χ3v) is 5.39. The second-order valence-corrected chi connectivity index (χ2v) is 7.59. The van der Waals surface area contributed by atoms with Gasteiger partial charge >= 0.3 is 0 Å². The van der Waals surface area contributed by atoms with Gasteiger partial charge in [-0.15, -0.1) is 0 Å². The molecular formula is C22H22IN3O2. The topological polar surface area (TPSA) is 55.6 Å². The number of nitrogens with zero attached hydrogens (tertiary/aromatic N) is 2. The molecule has 0 aliphatic rings. The second kappa shape index (κ2) is 9.05. The first kappa shape index (κ1) is 20.1. The summed E-state index contributed by atoms with van der Waals surface area (Å²) in [5, 5.41) is 4.14. The molecule has 28 heavy (non-hydrogen) atoms. The van der Waals surface area contributed by atoms with E-state index in [1.54, 1.807) is 13.3 Å². The lowest BCUT2D eigenvalue weighted by molar-refractivity contribution is -0.120. The highest BCUT2D eigenvalue weighted by molar-refractivity contribution is 14.1. The Morgan fingerprint density at radius 1 is 1.18 bits per heavy atom. The van der Waals surface area contributed by atoms with Crippen LogP contribution in [0.4, 0.5) is 0 Å². The number of benzene rings is 2. The van der Waals surface area contributed by atoms with E-state index in [-0.39, 0.29) is 12.3 Å². The molecule has 1 N–H and O–H groups in total. The molecule has 1 heterocycles. The number of methoxy groups -OCH3 is 1. The zero-order valence-corrected chi connectivity index (χ0v) is 18.2. The molecule has 2 aromatic carbocycles. The SMILES string of the molecule is COc1ccc(CC(=O)N/N=C\c2cc(C)n(-c3ccccc3I)c2C)cc1. The first-order valence-corrected chi connectivity index (χ1v) is 9.96. The van der Waals surface area contributed by atoms with Crippen molar-refractivity contribution < 1.29 is 9.53 Å². The van der Waals surface area contributed by atoms with E-state index in [1.165, 1.54) is 3.57 Å². The second-order valence-electron chi connectivity index (χ2n) is 6.43. The monoisotopic (exact) mass is 487 g/mol. The van der Waals surface area contributed by atoms with Crippen LogP contribution in [0.15, 0.2) is 59.7 Å². The Morgan fingerprint density at radius 2 is 1.89 bits per heavy atom. The minimum atomic E-state index is -0.159. The molecule has 0 radical (unpaired) electrons. The van der Waals surface area contributed by atoms with Crippen molar-refractivity contribution in [2.45, 2.75) is 20.3 Å². The third kappa shape index (κ3) is 4.62. The fourth-order valence-corrected chi connectivity index (χ4v) is 3.69. The van der Waals surface area contributed by atoms with Crippen LogP contribution in [0.5, 0.6) is 5.75 Å². The highest BCUT2D eigenvalue weighted by Gasteiger charge is 2.11. The van der Waals surface area contributed by atoms with Gasteiger partial charge in [-0.3, -0.25) is 4.79 Å². The summed E-state index contributed by atoms with van der Waals surface area (Å²) in [6, 6.07) is 17.7. The van der Waals surface area contributed by atoms with Crippen molar-refractivity contribution in [1.82, 2.24) is 9.99 Å². The zero-order chi connectivity index (χ0) is 20.1. The maximum absolute atomic E-state index is 12.1. The summed E-state index contributed by atoms with van der Waals surface area (Å²) in [4.78, 5) is 12.1. The Morgan fingerprint density at radius 3 is 2.57 bits per heavy atom. The predicted molar refractivity (Wildman–Crippen MR) is 120 cm³/mol. The standard InChI is InChI=1S/C22H22IN3O2/c1-15-12-18(16(2)26(15)21-7-5-4-6-20(21)23)14-24-25-22(27)13-17-8-10-19(28-3)11-9-17/h4-12,14H,13H2,1-3H3,(H,25,27)/b24-14-. The number of para-hydroxylation sites is 1. The lowest BCUT2D eigenvalue weighted by atomic mass is 10.1. The van der Waals surface area contributed by atoms with Crippen LogP contribution in [-0.4, -0.2) is 23.8 Å². The van der Waals surface area contributed by atoms with E-state index in [1.807, 2.05) is 36.4 Å². The molecule has 0 spiro atoms. The van der Waals surface area contributed by atoms with Crippen LogP contribution in [0.3, 0.4) is 0 Å². The number of rotatable bonds is 6. The number of halogens is 1. The molecule has 0 saturated carbocycles. The van der Waals surface area contributed by atoms with Crippen molar-refractivity contribution in [3.63, 3.8) is 0 Å². The number of carbonyl (C=O) groups excluding carboxylic acids is 1. The number of ether oxygens (including phenoxy) is 1. The molecule has 0 atom stereocenters. The number of aromatic nitrogens is 1. The maximum atomic E-state index is 12.1. The Bertz CT molecular complexity index is 1010. The molecule has 1 amide bonds. The van der Waals surface area contributed by atoms with E-state index in [9.17, 15) is 4.79 Å². The summed E-state index contributed by atoms with van der Waals surface area (Å²) in [6.07, 6.45) is 1.96. The molecule has 0 saturated heterocycles. The van der Waals surface area contributed by atoms with E-state index < -0.39 is 0 Å². The van der Waals surface area contributed by atoms with Crippen LogP contribution in [0.2, 0.25) is 0 Å². The average Bonchev–Trinajstić information content (AvgIpc) is 2.96. The molecule has 0 fully saturated rings. The van der Waals surface area contributed by atoms with Gasteiger partial charge in [-0.2, -0.15) is 5.10 Å². The van der Waals surface area contributed by atoms with Crippen LogP contribution in [-0.2, 0) is 11.2 Å². The van der Waals surface area contributed by atoms with Gasteiger partial charge < -0.3 is 9.30 Å². The first-order chi connectivity index (χ1) is 13.5. The van der Waals surface area contributed by atoms with Crippen molar-refractivity contribution in [2.24, 2.45) is 5.10 Å². The van der Waals surface area contributed by atoms with Crippen LogP contribution in [0.25, 0.3) is 5.69 Å². The van der Waals surface area contributed by atoms with Crippen LogP contribution in [0.1, 0.15) is 22.5 Å². The predicted octanol–water partition coefficient (Wildman–Crippen LogP) is 4.40. The molecule has 144 valence electrons. The molecule has 0 aliphatic carbocycles. The Hall–Kier alpha value is -2.61. The van der Waals surface area contributed by atoms with E-state index >= 15 is 0 Å². The fraction of sp³-hybridized carbons (Fsp3) is 0.182. The molecule has 3 rings (SSSR count). The van der Waals surface area contributed by atoms with Crippen molar-refractivity contribution in [2.75, 3.05) is 7.11 Å². The molecule has 0 bridgehead atoms. The van der Waals surface area contributed by atoms with E-state index in [0.29, 0.717) is 0 Å². The first-order valence-electron chi connectivity index (χ1n) is 8.88. The zero-order valence-electron chi connectivity index (χ0n) is 16.1. The van der Waals surface area contributed by atoms with Gasteiger partial charge in [0.25, 0.3) is 0 Å². The smallest absolute Gasteiger partial charge is 0.244 e. The van der Waals surface area contributed by atoms with Crippen LogP contribution < -0.4 is 10.2 Å². The fourth-order valence-electron chi connectivity index (χ4n) is 3.06. The van der Waals surface area contributed by atoms with Crippen molar-refractivity contribution in [3.8, 4) is 11.4 Å². The number of hydrogen-bond donors (Lipinski definition) is 1. The summed E-state index contributed by atoms with van der Waals surface area (Å²) in [7, 11) is 1.62. The molecule has 6 heteroatoms. The Kier molecular flexibility index (Phi) is 6.51. The van der Waals surface area contributed by atoms with Crippen LogP contribution in [0, 0.1) is 17.4 Å².